The highest BCUT2D eigenvalue weighted by molar-refractivity contribution is 7.10. The quantitative estimate of drug-likeness (QED) is 0.808. The number of aryl methyl sites for hydroxylation is 2. The molecule has 0 spiro atoms. The molecule has 0 saturated carbocycles. The molecule has 0 unspecified atom stereocenters. The summed E-state index contributed by atoms with van der Waals surface area (Å²) in [5, 5.41) is 5.01. The lowest BCUT2D eigenvalue weighted by molar-refractivity contribution is -0.122. The van der Waals surface area contributed by atoms with E-state index in [9.17, 15) is 4.79 Å². The number of nitrogens with zero attached hydrogens (tertiary/aromatic N) is 1. The Morgan fingerprint density at radius 3 is 2.61 bits per heavy atom. The molecule has 0 radical (unpaired) electrons. The monoisotopic (exact) mass is 332 g/mol. The van der Waals surface area contributed by atoms with Gasteiger partial charge >= 0.3 is 0 Å². The molecule has 1 heterocycles. The first-order valence-electron chi connectivity index (χ1n) is 7.72. The number of thiophene rings is 1. The topological polar surface area (TPSA) is 41.6 Å². The van der Waals surface area contributed by atoms with E-state index >= 15 is 0 Å². The highest BCUT2D eigenvalue weighted by atomic mass is 32.1. The van der Waals surface area contributed by atoms with Gasteiger partial charge in [-0.3, -0.25) is 9.69 Å². The average molecular weight is 332 g/mol. The maximum atomic E-state index is 11.9. The molecular weight excluding hydrogens is 308 g/mol. The maximum absolute atomic E-state index is 11.9. The lowest BCUT2D eigenvalue weighted by Crippen LogP contribution is -2.36. The zero-order valence-corrected chi connectivity index (χ0v) is 14.8. The van der Waals surface area contributed by atoms with Crippen LogP contribution in [0.4, 0.5) is 0 Å². The number of amides is 1. The maximum Gasteiger partial charge on any atom is 0.234 e. The Balaban J connectivity index is 1.63. The molecule has 4 nitrogen and oxygen atoms in total. The van der Waals surface area contributed by atoms with Crippen LogP contribution in [0.15, 0.2) is 35.7 Å². The fourth-order valence-electron chi connectivity index (χ4n) is 2.10. The molecule has 0 atom stereocenters. The molecule has 1 aromatic carbocycles. The lowest BCUT2D eigenvalue weighted by atomic mass is 10.2. The van der Waals surface area contributed by atoms with E-state index < -0.39 is 0 Å². The summed E-state index contributed by atoms with van der Waals surface area (Å²) in [6.45, 7) is 6.37. The predicted octanol–water partition coefficient (Wildman–Crippen LogP) is 2.99. The first-order valence-corrected chi connectivity index (χ1v) is 8.60. The number of likely N-dealkylation sites (N-methyl/N-ethyl adjacent to an activating group) is 1. The molecule has 124 valence electrons. The van der Waals surface area contributed by atoms with Crippen LogP contribution in [-0.2, 0) is 11.3 Å². The molecule has 0 aliphatic carbocycles. The summed E-state index contributed by atoms with van der Waals surface area (Å²) in [4.78, 5) is 15.1. The molecule has 1 amide bonds. The smallest absolute Gasteiger partial charge is 0.234 e. The average Bonchev–Trinajstić information content (AvgIpc) is 2.92. The van der Waals surface area contributed by atoms with Crippen molar-refractivity contribution in [2.24, 2.45) is 0 Å². The third kappa shape index (κ3) is 6.04. The van der Waals surface area contributed by atoms with Crippen LogP contribution >= 0.6 is 11.3 Å². The van der Waals surface area contributed by atoms with E-state index in [2.05, 4.69) is 18.3 Å². The van der Waals surface area contributed by atoms with Crippen LogP contribution < -0.4 is 10.1 Å². The van der Waals surface area contributed by atoms with Gasteiger partial charge in [0.05, 0.1) is 13.1 Å². The van der Waals surface area contributed by atoms with Gasteiger partial charge in [0.2, 0.25) is 5.91 Å². The van der Waals surface area contributed by atoms with Gasteiger partial charge in [0.25, 0.3) is 0 Å². The SMILES string of the molecule is Cc1ccc(OCCN(C)CC(=O)NCc2sccc2C)cc1. The van der Waals surface area contributed by atoms with E-state index in [1.165, 1.54) is 16.0 Å². The Morgan fingerprint density at radius 2 is 1.96 bits per heavy atom. The van der Waals surface area contributed by atoms with Crippen molar-refractivity contribution >= 4 is 17.2 Å². The molecule has 0 aliphatic rings. The van der Waals surface area contributed by atoms with Crippen LogP contribution in [0.2, 0.25) is 0 Å². The Bertz CT molecular complexity index is 622. The predicted molar refractivity (Wildman–Crippen MR) is 95.1 cm³/mol. The minimum Gasteiger partial charge on any atom is -0.492 e. The van der Waals surface area contributed by atoms with Gasteiger partial charge < -0.3 is 10.1 Å². The molecule has 1 N–H and O–H groups in total. The summed E-state index contributed by atoms with van der Waals surface area (Å²) in [7, 11) is 1.93. The van der Waals surface area contributed by atoms with Crippen molar-refractivity contribution in [1.82, 2.24) is 10.2 Å². The number of carbonyl (C=O) groups is 1. The fourth-order valence-corrected chi connectivity index (χ4v) is 2.94. The number of nitrogens with one attached hydrogen (secondary N) is 1. The number of benzene rings is 1. The van der Waals surface area contributed by atoms with E-state index in [-0.39, 0.29) is 5.91 Å². The first kappa shape index (κ1) is 17.5. The Hall–Kier alpha value is -1.85. The molecule has 2 aromatic rings. The van der Waals surface area contributed by atoms with Gasteiger partial charge in [0.15, 0.2) is 0 Å². The minimum absolute atomic E-state index is 0.0376. The second kappa shape index (κ2) is 8.70. The Labute approximate surface area is 142 Å². The summed E-state index contributed by atoms with van der Waals surface area (Å²) >= 11 is 1.67. The molecule has 2 rings (SSSR count). The van der Waals surface area contributed by atoms with Gasteiger partial charge in [-0.05, 0) is 50.0 Å². The summed E-state index contributed by atoms with van der Waals surface area (Å²) in [6.07, 6.45) is 0. The molecule has 0 fully saturated rings. The van der Waals surface area contributed by atoms with E-state index in [4.69, 9.17) is 4.74 Å². The molecule has 5 heteroatoms. The van der Waals surface area contributed by atoms with E-state index in [0.29, 0.717) is 26.2 Å². The van der Waals surface area contributed by atoms with Crippen molar-refractivity contribution in [3.63, 3.8) is 0 Å². The van der Waals surface area contributed by atoms with Gasteiger partial charge in [0.1, 0.15) is 12.4 Å². The minimum atomic E-state index is 0.0376. The number of ether oxygens (including phenoxy) is 1. The number of carbonyl (C=O) groups excluding carboxylic acids is 1. The van der Waals surface area contributed by atoms with Crippen molar-refractivity contribution in [3.8, 4) is 5.75 Å². The van der Waals surface area contributed by atoms with E-state index in [1.54, 1.807) is 11.3 Å². The summed E-state index contributed by atoms with van der Waals surface area (Å²) < 4.78 is 5.68. The van der Waals surface area contributed by atoms with Gasteiger partial charge in [-0.1, -0.05) is 17.7 Å². The second-order valence-corrected chi connectivity index (χ2v) is 6.70. The van der Waals surface area contributed by atoms with Crippen LogP contribution in [0.25, 0.3) is 0 Å². The van der Waals surface area contributed by atoms with Crippen molar-refractivity contribution in [1.29, 1.82) is 0 Å². The molecule has 1 aromatic heterocycles. The van der Waals surface area contributed by atoms with Gasteiger partial charge in [-0.15, -0.1) is 11.3 Å². The third-order valence-corrected chi connectivity index (χ3v) is 4.61. The highest BCUT2D eigenvalue weighted by Gasteiger charge is 2.08. The molecule has 23 heavy (non-hydrogen) atoms. The van der Waals surface area contributed by atoms with Crippen molar-refractivity contribution in [2.45, 2.75) is 20.4 Å². The van der Waals surface area contributed by atoms with Crippen LogP contribution in [0, 0.1) is 13.8 Å². The lowest BCUT2D eigenvalue weighted by Gasteiger charge is -2.16. The highest BCUT2D eigenvalue weighted by Crippen LogP contribution is 2.14. The van der Waals surface area contributed by atoms with Crippen LogP contribution in [0.3, 0.4) is 0 Å². The van der Waals surface area contributed by atoms with E-state index in [0.717, 1.165) is 5.75 Å². The number of hydrogen-bond donors (Lipinski definition) is 1. The molecule has 0 aliphatic heterocycles. The first-order chi connectivity index (χ1) is 11.0. The van der Waals surface area contributed by atoms with Gasteiger partial charge in [-0.25, -0.2) is 0 Å². The normalized spacial score (nSPS) is 10.8. The number of hydrogen-bond acceptors (Lipinski definition) is 4. The van der Waals surface area contributed by atoms with E-state index in [1.807, 2.05) is 48.5 Å². The third-order valence-electron chi connectivity index (χ3n) is 3.59. The van der Waals surface area contributed by atoms with Crippen LogP contribution in [0.5, 0.6) is 5.75 Å². The number of rotatable bonds is 8. The van der Waals surface area contributed by atoms with Crippen LogP contribution in [0.1, 0.15) is 16.0 Å². The fraction of sp³-hybridized carbons (Fsp3) is 0.389. The Morgan fingerprint density at radius 1 is 1.22 bits per heavy atom. The largest absolute Gasteiger partial charge is 0.492 e. The van der Waals surface area contributed by atoms with Crippen molar-refractivity contribution < 1.29 is 9.53 Å². The Kier molecular flexibility index (Phi) is 6.62. The van der Waals surface area contributed by atoms with Crippen molar-refractivity contribution in [2.75, 3.05) is 26.7 Å². The van der Waals surface area contributed by atoms with Crippen LogP contribution in [-0.4, -0.2) is 37.6 Å². The van der Waals surface area contributed by atoms with Crippen molar-refractivity contribution in [3.05, 3.63) is 51.7 Å². The van der Waals surface area contributed by atoms with Gasteiger partial charge in [0, 0.05) is 11.4 Å². The standard InChI is InChI=1S/C18H24N2O2S/c1-14-4-6-16(7-5-14)22-10-9-20(3)13-18(21)19-12-17-15(2)8-11-23-17/h4-8,11H,9-10,12-13H2,1-3H3,(H,19,21). The summed E-state index contributed by atoms with van der Waals surface area (Å²) in [6, 6.07) is 10.1. The zero-order chi connectivity index (χ0) is 16.7. The molecular formula is C18H24N2O2S. The summed E-state index contributed by atoms with van der Waals surface area (Å²) in [5.41, 5.74) is 2.45. The van der Waals surface area contributed by atoms with Gasteiger partial charge in [-0.2, -0.15) is 0 Å². The summed E-state index contributed by atoms with van der Waals surface area (Å²) in [5.74, 6) is 0.900. The molecule has 0 bridgehead atoms. The second-order valence-electron chi connectivity index (χ2n) is 5.70. The molecule has 0 saturated heterocycles. The zero-order valence-electron chi connectivity index (χ0n) is 14.0.